The topological polar surface area (TPSA) is 78.9 Å². The molecule has 0 N–H and O–H groups in total. The van der Waals surface area contributed by atoms with Gasteiger partial charge >= 0.3 is 17.9 Å². The van der Waals surface area contributed by atoms with Crippen molar-refractivity contribution in [2.75, 3.05) is 13.2 Å². The van der Waals surface area contributed by atoms with Crippen LogP contribution in [0.2, 0.25) is 0 Å². The SMILES string of the molecule is CCCC/C=C/C/C=C/CCCCCCCC(=O)OC[C@H](COC(=O)CCCCCCCCCCC/C=C/C/C=C/CCCCC)OC(=O)CCCCCCCCC/C=C/CCCCCCCC. The maximum absolute atomic E-state index is 12.9. The Balaban J connectivity index is 4.38. The van der Waals surface area contributed by atoms with E-state index in [1.54, 1.807) is 0 Å². The fraction of sp³-hybridized carbons (Fsp3) is 0.790. The van der Waals surface area contributed by atoms with E-state index in [9.17, 15) is 14.4 Å². The van der Waals surface area contributed by atoms with Crippen LogP contribution in [0, 0.1) is 0 Å². The van der Waals surface area contributed by atoms with Crippen LogP contribution in [0.3, 0.4) is 0 Å². The lowest BCUT2D eigenvalue weighted by Gasteiger charge is -2.18. The lowest BCUT2D eigenvalue weighted by molar-refractivity contribution is -0.167. The summed E-state index contributed by atoms with van der Waals surface area (Å²) in [5.41, 5.74) is 0. The van der Waals surface area contributed by atoms with E-state index in [1.807, 2.05) is 0 Å². The molecule has 0 fully saturated rings. The summed E-state index contributed by atoms with van der Waals surface area (Å²) in [6.07, 6.45) is 70.6. The molecule has 0 spiro atoms. The van der Waals surface area contributed by atoms with Crippen molar-refractivity contribution in [3.8, 4) is 0 Å². The van der Waals surface area contributed by atoms with Crippen molar-refractivity contribution >= 4 is 17.9 Å². The Hall–Kier alpha value is -2.89. The van der Waals surface area contributed by atoms with Gasteiger partial charge in [0.15, 0.2) is 6.10 Å². The van der Waals surface area contributed by atoms with E-state index >= 15 is 0 Å². The lowest BCUT2D eigenvalue weighted by atomic mass is 10.1. The van der Waals surface area contributed by atoms with Gasteiger partial charge in [0.05, 0.1) is 0 Å². The molecular formula is C62H110O6. The quantitative estimate of drug-likeness (QED) is 0.0262. The minimum atomic E-state index is -0.784. The molecule has 0 rings (SSSR count). The summed E-state index contributed by atoms with van der Waals surface area (Å²) in [6, 6.07) is 0. The van der Waals surface area contributed by atoms with Crippen molar-refractivity contribution in [2.45, 2.75) is 303 Å². The second-order valence-corrected chi connectivity index (χ2v) is 19.5. The second-order valence-electron chi connectivity index (χ2n) is 19.5. The van der Waals surface area contributed by atoms with Crippen molar-refractivity contribution < 1.29 is 28.6 Å². The van der Waals surface area contributed by atoms with Crippen LogP contribution in [-0.4, -0.2) is 37.2 Å². The van der Waals surface area contributed by atoms with E-state index in [1.165, 1.54) is 173 Å². The Morgan fingerprint density at radius 3 is 0.897 bits per heavy atom. The molecule has 0 amide bonds. The first kappa shape index (κ1) is 65.1. The van der Waals surface area contributed by atoms with Crippen LogP contribution < -0.4 is 0 Å². The number of carbonyl (C=O) groups is 3. The Morgan fingerprint density at radius 2 is 0.544 bits per heavy atom. The highest BCUT2D eigenvalue weighted by atomic mass is 16.6. The van der Waals surface area contributed by atoms with Gasteiger partial charge in [0, 0.05) is 19.3 Å². The molecule has 0 aromatic carbocycles. The Bertz CT molecular complexity index is 1230. The van der Waals surface area contributed by atoms with E-state index in [2.05, 4.69) is 81.5 Å². The molecule has 0 aliphatic rings. The Labute approximate surface area is 421 Å². The van der Waals surface area contributed by atoms with Gasteiger partial charge in [-0.2, -0.15) is 0 Å². The van der Waals surface area contributed by atoms with Crippen molar-refractivity contribution in [3.63, 3.8) is 0 Å². The molecule has 0 aliphatic heterocycles. The highest BCUT2D eigenvalue weighted by Gasteiger charge is 2.19. The lowest BCUT2D eigenvalue weighted by Crippen LogP contribution is -2.30. The van der Waals surface area contributed by atoms with Crippen molar-refractivity contribution in [1.82, 2.24) is 0 Å². The van der Waals surface area contributed by atoms with E-state index in [4.69, 9.17) is 14.2 Å². The zero-order valence-electron chi connectivity index (χ0n) is 45.1. The van der Waals surface area contributed by atoms with Gasteiger partial charge < -0.3 is 14.2 Å². The number of hydrogen-bond acceptors (Lipinski definition) is 6. The number of hydrogen-bond donors (Lipinski definition) is 0. The molecule has 0 aromatic heterocycles. The molecule has 1 atom stereocenters. The maximum atomic E-state index is 12.9. The summed E-state index contributed by atoms with van der Waals surface area (Å²) in [5.74, 6) is -0.893. The van der Waals surface area contributed by atoms with E-state index in [0.717, 1.165) is 83.5 Å². The zero-order chi connectivity index (χ0) is 49.3. The fourth-order valence-electron chi connectivity index (χ4n) is 8.25. The predicted molar refractivity (Wildman–Crippen MR) is 293 cm³/mol. The van der Waals surface area contributed by atoms with Gasteiger partial charge in [0.2, 0.25) is 0 Å². The molecule has 0 aliphatic carbocycles. The summed E-state index contributed by atoms with van der Waals surface area (Å²) < 4.78 is 16.9. The van der Waals surface area contributed by atoms with Gasteiger partial charge in [-0.25, -0.2) is 0 Å². The normalized spacial score (nSPS) is 12.5. The van der Waals surface area contributed by atoms with E-state index < -0.39 is 6.10 Å². The van der Waals surface area contributed by atoms with Crippen LogP contribution in [0.25, 0.3) is 0 Å². The van der Waals surface area contributed by atoms with Gasteiger partial charge in [-0.05, 0) is 103 Å². The van der Waals surface area contributed by atoms with Gasteiger partial charge in [0.25, 0.3) is 0 Å². The molecular weight excluding hydrogens is 841 g/mol. The van der Waals surface area contributed by atoms with Gasteiger partial charge in [-0.1, -0.05) is 236 Å². The molecule has 0 saturated carbocycles. The summed E-state index contributed by atoms with van der Waals surface area (Å²) in [5, 5.41) is 0. The smallest absolute Gasteiger partial charge is 0.306 e. The van der Waals surface area contributed by atoms with Crippen LogP contribution in [0.1, 0.15) is 297 Å². The second kappa shape index (κ2) is 56.7. The number of unbranched alkanes of at least 4 members (excludes halogenated alkanes) is 32. The largest absolute Gasteiger partial charge is 0.462 e. The van der Waals surface area contributed by atoms with Crippen molar-refractivity contribution in [2.24, 2.45) is 0 Å². The fourth-order valence-corrected chi connectivity index (χ4v) is 8.25. The number of allylic oxidation sites excluding steroid dienone is 10. The molecule has 0 aromatic rings. The summed E-state index contributed by atoms with van der Waals surface area (Å²) in [7, 11) is 0. The van der Waals surface area contributed by atoms with Crippen molar-refractivity contribution in [1.29, 1.82) is 0 Å². The highest BCUT2D eigenvalue weighted by molar-refractivity contribution is 5.71. The monoisotopic (exact) mass is 951 g/mol. The Morgan fingerprint density at radius 1 is 0.294 bits per heavy atom. The van der Waals surface area contributed by atoms with Crippen LogP contribution in [0.4, 0.5) is 0 Å². The summed E-state index contributed by atoms with van der Waals surface area (Å²) in [4.78, 5) is 38.2. The van der Waals surface area contributed by atoms with Crippen LogP contribution in [0.15, 0.2) is 60.8 Å². The highest BCUT2D eigenvalue weighted by Crippen LogP contribution is 2.15. The number of esters is 3. The molecule has 0 radical (unpaired) electrons. The average molecular weight is 952 g/mol. The standard InChI is InChI=1S/C62H110O6/c1-4-7-10-13-16-19-22-25-28-30-31-33-34-37-40-43-46-49-52-55-61(64)67-58-59(57-66-60(63)54-51-48-45-42-39-36-27-24-21-18-15-12-9-6-3)68-62(65)56-53-50-47-44-41-38-35-32-29-26-23-20-17-14-11-8-5-2/h15-16,18-19,24-29,59H,4-14,17,20-23,30-58H2,1-3H3/b18-15+,19-16+,27-24+,28-25+,29-26+/t59-/m1/s1. The van der Waals surface area contributed by atoms with Gasteiger partial charge in [0.1, 0.15) is 13.2 Å². The van der Waals surface area contributed by atoms with E-state index in [-0.39, 0.29) is 31.1 Å². The first-order chi connectivity index (χ1) is 33.5. The zero-order valence-corrected chi connectivity index (χ0v) is 45.1. The van der Waals surface area contributed by atoms with Crippen LogP contribution >= 0.6 is 0 Å². The third-order valence-electron chi connectivity index (χ3n) is 12.7. The van der Waals surface area contributed by atoms with Crippen LogP contribution in [-0.2, 0) is 28.6 Å². The number of ether oxygens (including phenoxy) is 3. The van der Waals surface area contributed by atoms with Gasteiger partial charge in [-0.3, -0.25) is 14.4 Å². The van der Waals surface area contributed by atoms with Crippen molar-refractivity contribution in [3.05, 3.63) is 60.8 Å². The molecule has 0 unspecified atom stereocenters. The van der Waals surface area contributed by atoms with Gasteiger partial charge in [-0.15, -0.1) is 0 Å². The predicted octanol–water partition coefficient (Wildman–Crippen LogP) is 19.6. The first-order valence-electron chi connectivity index (χ1n) is 29.3. The molecule has 0 heterocycles. The first-order valence-corrected chi connectivity index (χ1v) is 29.3. The molecule has 6 nitrogen and oxygen atoms in total. The maximum Gasteiger partial charge on any atom is 0.306 e. The molecule has 6 heteroatoms. The molecule has 0 bridgehead atoms. The summed E-state index contributed by atoms with van der Waals surface area (Å²) >= 11 is 0. The minimum absolute atomic E-state index is 0.0817. The van der Waals surface area contributed by atoms with Crippen LogP contribution in [0.5, 0.6) is 0 Å². The third kappa shape index (κ3) is 54.1. The average Bonchev–Trinajstić information content (AvgIpc) is 3.34. The Kier molecular flexibility index (Phi) is 54.3. The molecule has 68 heavy (non-hydrogen) atoms. The van der Waals surface area contributed by atoms with E-state index in [0.29, 0.717) is 19.3 Å². The summed E-state index contributed by atoms with van der Waals surface area (Å²) in [6.45, 7) is 6.58. The number of carbonyl (C=O) groups excluding carboxylic acids is 3. The number of rotatable bonds is 53. The molecule has 394 valence electrons. The molecule has 0 saturated heterocycles. The third-order valence-corrected chi connectivity index (χ3v) is 12.7. The minimum Gasteiger partial charge on any atom is -0.462 e.